The third kappa shape index (κ3) is 3.23. The lowest BCUT2D eigenvalue weighted by Crippen LogP contribution is -2.14. The summed E-state index contributed by atoms with van der Waals surface area (Å²) in [5, 5.41) is 10.6. The van der Waals surface area contributed by atoms with Crippen molar-refractivity contribution in [1.29, 1.82) is 0 Å². The van der Waals surface area contributed by atoms with Crippen molar-refractivity contribution >= 4 is 11.9 Å². The molecule has 7 heteroatoms. The first kappa shape index (κ1) is 12.8. The highest BCUT2D eigenvalue weighted by Crippen LogP contribution is 2.28. The van der Waals surface area contributed by atoms with Gasteiger partial charge in [0.1, 0.15) is 0 Å². The Hall–Kier alpha value is -2.18. The number of anilines is 2. The predicted octanol–water partition coefficient (Wildman–Crippen LogP) is 1.70. The van der Waals surface area contributed by atoms with E-state index in [4.69, 9.17) is 0 Å². The van der Waals surface area contributed by atoms with Crippen LogP contribution in [0, 0.1) is 5.92 Å². The summed E-state index contributed by atoms with van der Waals surface area (Å²) in [5.74, 6) is 2.50. The van der Waals surface area contributed by atoms with Crippen LogP contribution in [0.1, 0.15) is 26.2 Å². The highest BCUT2D eigenvalue weighted by molar-refractivity contribution is 5.37. The second kappa shape index (κ2) is 5.85. The number of nitrogens with zero attached hydrogens (tertiary/aromatic N) is 5. The predicted molar refractivity (Wildman–Crippen MR) is 76.9 cm³/mol. The van der Waals surface area contributed by atoms with Crippen LogP contribution in [-0.4, -0.2) is 37.8 Å². The minimum atomic E-state index is 0.530. The summed E-state index contributed by atoms with van der Waals surface area (Å²) in [7, 11) is 0. The molecule has 2 aromatic heterocycles. The molecule has 0 bridgehead atoms. The Morgan fingerprint density at radius 1 is 1.20 bits per heavy atom. The Morgan fingerprint density at radius 3 is 2.65 bits per heavy atom. The normalized spacial score (nSPS) is 14.2. The molecule has 106 valence electrons. The Bertz CT molecular complexity index is 548. The summed E-state index contributed by atoms with van der Waals surface area (Å²) in [6, 6.07) is 1.85. The van der Waals surface area contributed by atoms with E-state index in [2.05, 4.69) is 37.6 Å². The summed E-state index contributed by atoms with van der Waals surface area (Å²) in [6.07, 6.45) is 7.15. The first-order valence-corrected chi connectivity index (χ1v) is 7.09. The smallest absolute Gasteiger partial charge is 0.257 e. The van der Waals surface area contributed by atoms with Gasteiger partial charge < -0.3 is 10.6 Å². The van der Waals surface area contributed by atoms with Crippen molar-refractivity contribution in [2.45, 2.75) is 26.2 Å². The topological polar surface area (TPSA) is 80.5 Å². The summed E-state index contributed by atoms with van der Waals surface area (Å²) >= 11 is 0. The summed E-state index contributed by atoms with van der Waals surface area (Å²) in [6.45, 7) is 3.87. The summed E-state index contributed by atoms with van der Waals surface area (Å²) < 4.78 is 1.64. The van der Waals surface area contributed by atoms with Crippen molar-refractivity contribution in [2.75, 3.05) is 23.7 Å². The van der Waals surface area contributed by atoms with Gasteiger partial charge in [0.15, 0.2) is 0 Å². The minimum Gasteiger partial charge on any atom is -0.354 e. The van der Waals surface area contributed by atoms with E-state index in [-0.39, 0.29) is 0 Å². The maximum atomic E-state index is 4.41. The second-order valence-corrected chi connectivity index (χ2v) is 4.98. The first-order valence-electron chi connectivity index (χ1n) is 7.09. The Labute approximate surface area is 117 Å². The zero-order valence-electron chi connectivity index (χ0n) is 11.6. The molecular weight excluding hydrogens is 254 g/mol. The van der Waals surface area contributed by atoms with Gasteiger partial charge in [0.25, 0.3) is 5.95 Å². The average Bonchev–Trinajstić information content (AvgIpc) is 3.14. The number of hydrogen-bond donors (Lipinski definition) is 2. The fourth-order valence-corrected chi connectivity index (χ4v) is 1.81. The molecule has 0 aromatic carbocycles. The number of hydrogen-bond acceptors (Lipinski definition) is 6. The van der Waals surface area contributed by atoms with Crippen LogP contribution in [0.15, 0.2) is 18.5 Å². The van der Waals surface area contributed by atoms with Crippen LogP contribution in [-0.2, 0) is 0 Å². The zero-order chi connectivity index (χ0) is 13.8. The van der Waals surface area contributed by atoms with Crippen molar-refractivity contribution < 1.29 is 0 Å². The van der Waals surface area contributed by atoms with E-state index in [9.17, 15) is 0 Å². The molecule has 0 aliphatic heterocycles. The maximum absolute atomic E-state index is 4.41. The summed E-state index contributed by atoms with van der Waals surface area (Å²) in [4.78, 5) is 13.2. The number of rotatable bonds is 7. The van der Waals surface area contributed by atoms with E-state index in [0.717, 1.165) is 25.4 Å². The molecule has 1 fully saturated rings. The van der Waals surface area contributed by atoms with Crippen LogP contribution < -0.4 is 10.6 Å². The van der Waals surface area contributed by atoms with Gasteiger partial charge in [0.05, 0.1) is 0 Å². The van der Waals surface area contributed by atoms with Gasteiger partial charge in [-0.2, -0.15) is 20.1 Å². The average molecular weight is 273 g/mol. The molecule has 20 heavy (non-hydrogen) atoms. The molecule has 0 amide bonds. The zero-order valence-corrected chi connectivity index (χ0v) is 11.6. The molecule has 2 N–H and O–H groups in total. The van der Waals surface area contributed by atoms with E-state index >= 15 is 0 Å². The molecule has 1 aliphatic rings. The van der Waals surface area contributed by atoms with E-state index < -0.39 is 0 Å². The molecule has 0 radical (unpaired) electrons. The van der Waals surface area contributed by atoms with Gasteiger partial charge in [-0.3, -0.25) is 0 Å². The molecule has 2 aromatic rings. The molecule has 3 rings (SSSR count). The lowest BCUT2D eigenvalue weighted by atomic mass is 10.4. The molecule has 0 atom stereocenters. The molecule has 2 heterocycles. The van der Waals surface area contributed by atoms with Crippen molar-refractivity contribution in [3.63, 3.8) is 0 Å². The van der Waals surface area contributed by atoms with E-state index in [1.54, 1.807) is 10.9 Å². The fraction of sp³-hybridized carbons (Fsp3) is 0.538. The van der Waals surface area contributed by atoms with Gasteiger partial charge in [-0.15, -0.1) is 0 Å². The third-order valence-corrected chi connectivity index (χ3v) is 3.11. The van der Waals surface area contributed by atoms with Crippen LogP contribution in [0.3, 0.4) is 0 Å². The van der Waals surface area contributed by atoms with Gasteiger partial charge in [-0.1, -0.05) is 6.92 Å². The SMILES string of the molecule is CCCNc1nc(NCC2CC2)nc(-n2cccn2)n1. The number of nitrogens with one attached hydrogen (secondary N) is 2. The first-order chi connectivity index (χ1) is 9.85. The van der Waals surface area contributed by atoms with Gasteiger partial charge >= 0.3 is 0 Å². The second-order valence-electron chi connectivity index (χ2n) is 4.98. The van der Waals surface area contributed by atoms with E-state index in [1.165, 1.54) is 12.8 Å². The van der Waals surface area contributed by atoms with E-state index in [1.807, 2.05) is 12.3 Å². The van der Waals surface area contributed by atoms with Gasteiger partial charge in [-0.25, -0.2) is 4.68 Å². The van der Waals surface area contributed by atoms with Crippen LogP contribution in [0.4, 0.5) is 11.9 Å². The minimum absolute atomic E-state index is 0.530. The van der Waals surface area contributed by atoms with Crippen molar-refractivity contribution in [2.24, 2.45) is 5.92 Å². The van der Waals surface area contributed by atoms with Crippen molar-refractivity contribution in [1.82, 2.24) is 24.7 Å². The van der Waals surface area contributed by atoms with E-state index in [0.29, 0.717) is 17.8 Å². The van der Waals surface area contributed by atoms with Crippen molar-refractivity contribution in [3.8, 4) is 5.95 Å². The van der Waals surface area contributed by atoms with Gasteiger partial charge in [0, 0.05) is 25.5 Å². The van der Waals surface area contributed by atoms with Crippen LogP contribution in [0.2, 0.25) is 0 Å². The highest BCUT2D eigenvalue weighted by Gasteiger charge is 2.21. The maximum Gasteiger partial charge on any atom is 0.257 e. The highest BCUT2D eigenvalue weighted by atomic mass is 15.4. The van der Waals surface area contributed by atoms with Crippen LogP contribution >= 0.6 is 0 Å². The summed E-state index contributed by atoms with van der Waals surface area (Å²) in [5.41, 5.74) is 0. The van der Waals surface area contributed by atoms with Gasteiger partial charge in [0.2, 0.25) is 11.9 Å². The lowest BCUT2D eigenvalue weighted by molar-refractivity contribution is 0.787. The van der Waals surface area contributed by atoms with Gasteiger partial charge in [-0.05, 0) is 31.2 Å². The van der Waals surface area contributed by atoms with Crippen molar-refractivity contribution in [3.05, 3.63) is 18.5 Å². The third-order valence-electron chi connectivity index (χ3n) is 3.11. The Morgan fingerprint density at radius 2 is 2.00 bits per heavy atom. The Balaban J connectivity index is 1.81. The standard InChI is InChI=1S/C13H19N7/c1-2-6-14-11-17-12(15-9-10-4-5-10)19-13(18-11)20-8-3-7-16-20/h3,7-8,10H,2,4-6,9H2,1H3,(H2,14,15,17,18,19). The molecule has 0 unspecified atom stereocenters. The molecule has 1 saturated carbocycles. The molecular formula is C13H19N7. The lowest BCUT2D eigenvalue weighted by Gasteiger charge is -2.09. The largest absolute Gasteiger partial charge is 0.354 e. The number of aromatic nitrogens is 5. The monoisotopic (exact) mass is 273 g/mol. The fourth-order valence-electron chi connectivity index (χ4n) is 1.81. The molecule has 0 spiro atoms. The van der Waals surface area contributed by atoms with Crippen LogP contribution in [0.25, 0.3) is 5.95 Å². The molecule has 0 saturated heterocycles. The molecule has 7 nitrogen and oxygen atoms in total. The van der Waals surface area contributed by atoms with Crippen LogP contribution in [0.5, 0.6) is 0 Å². The molecule has 1 aliphatic carbocycles. The Kier molecular flexibility index (Phi) is 3.76. The quantitative estimate of drug-likeness (QED) is 0.799.